The number of ketones is 1. The zero-order chi connectivity index (χ0) is 35.2. The summed E-state index contributed by atoms with van der Waals surface area (Å²) in [5, 5.41) is 15.7. The molecule has 46 heavy (non-hydrogen) atoms. The Bertz CT molecular complexity index is 854. The number of β-lactam (4-membered cyclic amide) rings is 2. The SMILES string of the molecule is CC.CCCCCCCCCOC(=O)[C@@H]1CC(=O)N1.CN[C@@H](CC(C)=O)C(=O)OCCCCCCCC[NH3+].O=C1C[C@@H](C(=O)O)N1. The first-order chi connectivity index (χ1) is 22.0. The van der Waals surface area contributed by atoms with Crippen LogP contribution in [0.2, 0.25) is 0 Å². The number of quaternary nitrogens is 1. The summed E-state index contributed by atoms with van der Waals surface area (Å²) < 4.78 is 10.2. The van der Waals surface area contributed by atoms with E-state index in [9.17, 15) is 28.8 Å². The molecule has 0 unspecified atom stereocenters. The highest BCUT2D eigenvalue weighted by atomic mass is 16.5. The van der Waals surface area contributed by atoms with Crippen molar-refractivity contribution >= 4 is 35.5 Å². The van der Waals surface area contributed by atoms with Gasteiger partial charge in [0.25, 0.3) is 0 Å². The summed E-state index contributed by atoms with van der Waals surface area (Å²) >= 11 is 0. The van der Waals surface area contributed by atoms with Gasteiger partial charge in [-0.3, -0.25) is 19.2 Å². The minimum absolute atomic E-state index is 0.0123. The van der Waals surface area contributed by atoms with E-state index < -0.39 is 18.1 Å². The number of amides is 2. The van der Waals surface area contributed by atoms with E-state index in [2.05, 4.69) is 28.6 Å². The van der Waals surface area contributed by atoms with E-state index >= 15 is 0 Å². The van der Waals surface area contributed by atoms with Crippen LogP contribution >= 0.6 is 0 Å². The predicted molar refractivity (Wildman–Crippen MR) is 176 cm³/mol. The Balaban J connectivity index is 0. The third-order valence-corrected chi connectivity index (χ3v) is 7.04. The molecule has 0 aromatic heterocycles. The number of carbonyl (C=O) groups is 6. The lowest BCUT2D eigenvalue weighted by Crippen LogP contribution is -2.53. The molecule has 7 N–H and O–H groups in total. The fourth-order valence-electron chi connectivity index (χ4n) is 4.19. The van der Waals surface area contributed by atoms with Crippen molar-refractivity contribution in [1.29, 1.82) is 0 Å². The van der Waals surface area contributed by atoms with Gasteiger partial charge in [0.1, 0.15) is 23.9 Å². The number of Topliss-reactive ketones (excluding diaryl/α,β-unsaturated/α-hetero) is 1. The highest BCUT2D eigenvalue weighted by Gasteiger charge is 2.33. The molecule has 2 aliphatic rings. The van der Waals surface area contributed by atoms with Gasteiger partial charge < -0.3 is 36.3 Å². The van der Waals surface area contributed by atoms with E-state index in [4.69, 9.17) is 14.6 Å². The van der Waals surface area contributed by atoms with Gasteiger partial charge in [-0.05, 0) is 39.7 Å². The Morgan fingerprint density at radius 2 is 1.24 bits per heavy atom. The molecule has 0 aliphatic carbocycles. The Morgan fingerprint density at radius 1 is 0.804 bits per heavy atom. The summed E-state index contributed by atoms with van der Waals surface area (Å²) in [5.74, 6) is -1.82. The topological polar surface area (TPSA) is 205 Å². The van der Waals surface area contributed by atoms with Crippen molar-refractivity contribution in [2.45, 2.75) is 149 Å². The molecule has 0 spiro atoms. The van der Waals surface area contributed by atoms with Gasteiger partial charge in [0.15, 0.2) is 0 Å². The number of carboxylic acids is 1. The number of rotatable bonds is 22. The number of esters is 2. The molecule has 2 rings (SSSR count). The number of carboxylic acid groups (broad SMARTS) is 1. The van der Waals surface area contributed by atoms with E-state index in [1.807, 2.05) is 13.8 Å². The zero-order valence-electron chi connectivity index (χ0n) is 29.1. The third kappa shape index (κ3) is 25.2. The van der Waals surface area contributed by atoms with Crippen LogP contribution in [0.25, 0.3) is 0 Å². The summed E-state index contributed by atoms with van der Waals surface area (Å²) in [5.41, 5.74) is 3.81. The molecule has 0 radical (unpaired) electrons. The van der Waals surface area contributed by atoms with E-state index in [-0.39, 0.29) is 54.8 Å². The zero-order valence-corrected chi connectivity index (χ0v) is 29.1. The molecule has 2 saturated heterocycles. The molecule has 13 heteroatoms. The van der Waals surface area contributed by atoms with Crippen LogP contribution in [-0.2, 0) is 38.2 Å². The Hall–Kier alpha value is -3.06. The molecule has 0 aromatic carbocycles. The van der Waals surface area contributed by atoms with Gasteiger partial charge in [0.2, 0.25) is 11.8 Å². The summed E-state index contributed by atoms with van der Waals surface area (Å²) in [6.45, 7) is 9.63. The number of nitrogens with one attached hydrogen (secondary N) is 3. The Morgan fingerprint density at radius 3 is 1.63 bits per heavy atom. The number of likely N-dealkylation sites (N-methyl/N-ethyl adjacent to an activating group) is 1. The van der Waals surface area contributed by atoms with Gasteiger partial charge in [-0.15, -0.1) is 0 Å². The highest BCUT2D eigenvalue weighted by molar-refractivity contribution is 5.95. The van der Waals surface area contributed by atoms with Crippen LogP contribution in [0.1, 0.15) is 130 Å². The van der Waals surface area contributed by atoms with Crippen molar-refractivity contribution in [3.63, 3.8) is 0 Å². The standard InChI is InChI=1S/C14H28N2O3.C13H23NO3.C4H5NO3.C2H6/c1-12(17)11-13(16-2)14(18)19-10-8-6-4-3-5-7-9-15;1-2-3-4-5-6-7-8-9-17-13(16)11-10-12(15)14-11;6-3-1-2(5-3)4(7)8;1-2/h13,16H,3-11,15H2,1-2H3;11H,2-10H2,1H3,(H,14,15);2H,1H2,(H,5,6)(H,7,8);1-2H3/p+1/t13-;11-;2-;/m000./s1. The average molecular weight is 660 g/mol. The number of hydrogen-bond acceptors (Lipinski definition) is 9. The van der Waals surface area contributed by atoms with E-state index in [0.717, 1.165) is 32.2 Å². The van der Waals surface area contributed by atoms with Crippen LogP contribution in [0.3, 0.4) is 0 Å². The lowest BCUT2D eigenvalue weighted by molar-refractivity contribution is -0.368. The van der Waals surface area contributed by atoms with Crippen molar-refractivity contribution in [3.8, 4) is 0 Å². The van der Waals surface area contributed by atoms with Gasteiger partial charge in [-0.25, -0.2) is 9.59 Å². The maximum Gasteiger partial charge on any atom is 0.329 e. The van der Waals surface area contributed by atoms with Crippen LogP contribution < -0.4 is 21.7 Å². The van der Waals surface area contributed by atoms with Crippen molar-refractivity contribution in [1.82, 2.24) is 16.0 Å². The van der Waals surface area contributed by atoms with Crippen LogP contribution in [0, 0.1) is 0 Å². The molecule has 0 aromatic rings. The molecule has 0 bridgehead atoms. The van der Waals surface area contributed by atoms with Crippen LogP contribution in [0.4, 0.5) is 0 Å². The van der Waals surface area contributed by atoms with Gasteiger partial charge in [0.05, 0.1) is 32.6 Å². The number of ether oxygens (including phenoxy) is 2. The smallest absolute Gasteiger partial charge is 0.329 e. The molecule has 3 atom stereocenters. The van der Waals surface area contributed by atoms with Gasteiger partial charge >= 0.3 is 17.9 Å². The normalized spacial score (nSPS) is 16.5. The van der Waals surface area contributed by atoms with Crippen molar-refractivity contribution in [2.75, 3.05) is 26.8 Å². The fraction of sp³-hybridized carbons (Fsp3) is 0.818. The predicted octanol–water partition coefficient (Wildman–Crippen LogP) is 2.83. The highest BCUT2D eigenvalue weighted by Crippen LogP contribution is 2.09. The summed E-state index contributed by atoms with van der Waals surface area (Å²) in [6.07, 6.45) is 15.9. The van der Waals surface area contributed by atoms with Gasteiger partial charge in [0, 0.05) is 6.42 Å². The number of unbranched alkanes of at least 4 members (excludes halogenated alkanes) is 11. The average Bonchev–Trinajstić information content (AvgIpc) is 3.00. The van der Waals surface area contributed by atoms with Gasteiger partial charge in [-0.2, -0.15) is 0 Å². The molecular formula is C33H63N4O9+. The molecule has 268 valence electrons. The largest absolute Gasteiger partial charge is 0.480 e. The molecule has 2 fully saturated rings. The fourth-order valence-corrected chi connectivity index (χ4v) is 4.19. The molecule has 0 saturated carbocycles. The summed E-state index contributed by atoms with van der Waals surface area (Å²) in [6, 6.07) is -1.51. The number of hydrogen-bond donors (Lipinski definition) is 5. The summed E-state index contributed by atoms with van der Waals surface area (Å²) in [7, 11) is 1.66. The maximum absolute atomic E-state index is 11.6. The first-order valence-corrected chi connectivity index (χ1v) is 17.2. The Labute approximate surface area is 275 Å². The minimum Gasteiger partial charge on any atom is -0.480 e. The molecular weight excluding hydrogens is 596 g/mol. The molecule has 2 amide bonds. The van der Waals surface area contributed by atoms with Crippen molar-refractivity contribution in [3.05, 3.63) is 0 Å². The first kappa shape index (κ1) is 45.1. The first-order valence-electron chi connectivity index (χ1n) is 17.2. The van der Waals surface area contributed by atoms with Crippen LogP contribution in [0.5, 0.6) is 0 Å². The van der Waals surface area contributed by atoms with E-state index in [1.165, 1.54) is 64.7 Å². The lowest BCUT2D eigenvalue weighted by atomic mass is 10.1. The monoisotopic (exact) mass is 659 g/mol. The Kier molecular flexibility index (Phi) is 30.0. The molecule has 2 heterocycles. The van der Waals surface area contributed by atoms with Gasteiger partial charge in [-0.1, -0.05) is 78.6 Å². The lowest BCUT2D eigenvalue weighted by Gasteiger charge is -2.24. The van der Waals surface area contributed by atoms with Crippen LogP contribution in [0.15, 0.2) is 0 Å². The van der Waals surface area contributed by atoms with E-state index in [0.29, 0.717) is 13.2 Å². The summed E-state index contributed by atoms with van der Waals surface area (Å²) in [4.78, 5) is 64.5. The van der Waals surface area contributed by atoms with E-state index in [1.54, 1.807) is 7.05 Å². The third-order valence-electron chi connectivity index (χ3n) is 7.04. The second kappa shape index (κ2) is 30.6. The number of carbonyl (C=O) groups excluding carboxylic acids is 5. The molecule has 2 aliphatic heterocycles. The maximum atomic E-state index is 11.6. The quantitative estimate of drug-likeness (QED) is 0.0653. The van der Waals surface area contributed by atoms with Crippen molar-refractivity contribution in [2.24, 2.45) is 0 Å². The second-order valence-corrected chi connectivity index (χ2v) is 11.2. The van der Waals surface area contributed by atoms with Crippen LogP contribution in [-0.4, -0.2) is 85.5 Å². The molecule has 13 nitrogen and oxygen atoms in total. The minimum atomic E-state index is -0.954. The second-order valence-electron chi connectivity index (χ2n) is 11.2. The van der Waals surface area contributed by atoms with Crippen molar-refractivity contribution < 1.29 is 49.1 Å². The number of aliphatic carboxylic acids is 1.